The Labute approximate surface area is 88.5 Å². The molecule has 0 bridgehead atoms. The minimum Gasteiger partial charge on any atom is -0.393 e. The van der Waals surface area contributed by atoms with Crippen LogP contribution in [0, 0.1) is 17.8 Å². The van der Waals surface area contributed by atoms with Crippen LogP contribution in [0.25, 0.3) is 0 Å². The highest BCUT2D eigenvalue weighted by Crippen LogP contribution is 2.46. The molecule has 3 nitrogen and oxygen atoms in total. The van der Waals surface area contributed by atoms with Gasteiger partial charge >= 0.3 is 11.9 Å². The SMILES string of the molecule is O=C1OC(=O)[C@@H]2CC=C3CCCC[C@@H]3[C@H]12. The second-order valence-corrected chi connectivity index (χ2v) is 4.74. The van der Waals surface area contributed by atoms with Gasteiger partial charge in [0.1, 0.15) is 0 Å². The standard InChI is InChI=1S/C12H14O3/c13-11-9-6-5-7-3-1-2-4-8(7)10(9)12(14)15-11/h5,8-10H,1-4,6H2/t8-,9+,10-/m0/s1. The third kappa shape index (κ3) is 1.25. The van der Waals surface area contributed by atoms with Gasteiger partial charge in [-0.15, -0.1) is 0 Å². The Bertz CT molecular complexity index is 356. The lowest BCUT2D eigenvalue weighted by Gasteiger charge is -2.33. The van der Waals surface area contributed by atoms with Crippen molar-refractivity contribution in [2.45, 2.75) is 32.1 Å². The predicted molar refractivity (Wildman–Crippen MR) is 52.7 cm³/mol. The Balaban J connectivity index is 1.96. The Kier molecular flexibility index (Phi) is 1.94. The average Bonchev–Trinajstić information content (AvgIpc) is 2.55. The molecule has 2 fully saturated rings. The van der Waals surface area contributed by atoms with Crippen LogP contribution in [0.1, 0.15) is 32.1 Å². The van der Waals surface area contributed by atoms with Gasteiger partial charge < -0.3 is 4.74 Å². The summed E-state index contributed by atoms with van der Waals surface area (Å²) in [6.07, 6.45) is 7.44. The van der Waals surface area contributed by atoms with Crippen LogP contribution in [0.3, 0.4) is 0 Å². The average molecular weight is 206 g/mol. The van der Waals surface area contributed by atoms with Gasteiger partial charge in [-0.1, -0.05) is 18.1 Å². The number of allylic oxidation sites excluding steroid dienone is 2. The summed E-state index contributed by atoms with van der Waals surface area (Å²) in [5, 5.41) is 0. The molecule has 0 aromatic rings. The van der Waals surface area contributed by atoms with E-state index in [2.05, 4.69) is 6.08 Å². The van der Waals surface area contributed by atoms with Crippen LogP contribution in [0.4, 0.5) is 0 Å². The lowest BCUT2D eigenvalue weighted by atomic mass is 9.67. The maximum absolute atomic E-state index is 11.6. The zero-order valence-corrected chi connectivity index (χ0v) is 8.57. The molecule has 1 heterocycles. The molecule has 3 aliphatic rings. The maximum atomic E-state index is 11.6. The number of rotatable bonds is 0. The van der Waals surface area contributed by atoms with Crippen molar-refractivity contribution in [3.8, 4) is 0 Å². The summed E-state index contributed by atoms with van der Waals surface area (Å²) in [5.41, 5.74) is 1.40. The van der Waals surface area contributed by atoms with E-state index >= 15 is 0 Å². The van der Waals surface area contributed by atoms with Crippen LogP contribution in [-0.4, -0.2) is 11.9 Å². The number of fused-ring (bicyclic) bond motifs is 3. The molecule has 2 aliphatic carbocycles. The van der Waals surface area contributed by atoms with Crippen LogP contribution >= 0.6 is 0 Å². The summed E-state index contributed by atoms with van der Waals surface area (Å²) >= 11 is 0. The molecule has 1 aliphatic heterocycles. The molecule has 0 aromatic carbocycles. The molecule has 0 radical (unpaired) electrons. The zero-order chi connectivity index (χ0) is 10.4. The molecule has 15 heavy (non-hydrogen) atoms. The minimum absolute atomic E-state index is 0.155. The van der Waals surface area contributed by atoms with Gasteiger partial charge in [-0.25, -0.2) is 0 Å². The molecule has 0 aromatic heterocycles. The highest BCUT2D eigenvalue weighted by Gasteiger charge is 2.50. The van der Waals surface area contributed by atoms with Gasteiger partial charge in [-0.2, -0.15) is 0 Å². The maximum Gasteiger partial charge on any atom is 0.318 e. The molecule has 1 saturated carbocycles. The first kappa shape index (κ1) is 9.13. The number of hydrogen-bond acceptors (Lipinski definition) is 3. The molecule has 0 spiro atoms. The number of carbonyl (C=O) groups is 2. The third-order valence-electron chi connectivity index (χ3n) is 3.98. The fourth-order valence-corrected chi connectivity index (χ4v) is 3.25. The third-order valence-corrected chi connectivity index (χ3v) is 3.98. The summed E-state index contributed by atoms with van der Waals surface area (Å²) in [5.74, 6) is -0.605. The molecule has 3 heteroatoms. The van der Waals surface area contributed by atoms with E-state index in [4.69, 9.17) is 4.74 Å². The fourth-order valence-electron chi connectivity index (χ4n) is 3.25. The Morgan fingerprint density at radius 2 is 2.00 bits per heavy atom. The van der Waals surface area contributed by atoms with Crippen LogP contribution in [0.5, 0.6) is 0 Å². The Morgan fingerprint density at radius 3 is 2.87 bits per heavy atom. The zero-order valence-electron chi connectivity index (χ0n) is 8.57. The molecular formula is C12H14O3. The van der Waals surface area contributed by atoms with Gasteiger partial charge in [0.2, 0.25) is 0 Å². The van der Waals surface area contributed by atoms with Crippen LogP contribution in [0.15, 0.2) is 11.6 Å². The van der Waals surface area contributed by atoms with Crippen LogP contribution in [0.2, 0.25) is 0 Å². The highest BCUT2D eigenvalue weighted by atomic mass is 16.6. The first-order valence-corrected chi connectivity index (χ1v) is 5.72. The second kappa shape index (κ2) is 3.19. The van der Waals surface area contributed by atoms with E-state index in [1.54, 1.807) is 0 Å². The van der Waals surface area contributed by atoms with E-state index in [9.17, 15) is 9.59 Å². The largest absolute Gasteiger partial charge is 0.393 e. The van der Waals surface area contributed by atoms with E-state index in [1.807, 2.05) is 0 Å². The van der Waals surface area contributed by atoms with Gasteiger partial charge in [0.15, 0.2) is 0 Å². The lowest BCUT2D eigenvalue weighted by molar-refractivity contribution is -0.154. The van der Waals surface area contributed by atoms with E-state index < -0.39 is 0 Å². The van der Waals surface area contributed by atoms with Crippen molar-refractivity contribution < 1.29 is 14.3 Å². The highest BCUT2D eigenvalue weighted by molar-refractivity contribution is 5.97. The molecular weight excluding hydrogens is 192 g/mol. The van der Waals surface area contributed by atoms with E-state index in [0.717, 1.165) is 12.8 Å². The number of carbonyl (C=O) groups excluding carboxylic acids is 2. The smallest absolute Gasteiger partial charge is 0.318 e. The lowest BCUT2D eigenvalue weighted by Crippen LogP contribution is -2.32. The van der Waals surface area contributed by atoms with E-state index in [0.29, 0.717) is 12.3 Å². The summed E-state index contributed by atoms with van der Waals surface area (Å²) < 4.78 is 4.75. The fraction of sp³-hybridized carbons (Fsp3) is 0.667. The van der Waals surface area contributed by atoms with Gasteiger partial charge in [-0.05, 0) is 31.6 Å². The summed E-state index contributed by atoms with van der Waals surface area (Å²) in [6.45, 7) is 0. The van der Waals surface area contributed by atoms with Crippen molar-refractivity contribution in [1.29, 1.82) is 0 Å². The van der Waals surface area contributed by atoms with Gasteiger partial charge in [0.25, 0.3) is 0 Å². The number of ether oxygens (including phenoxy) is 1. The molecule has 3 atom stereocenters. The Morgan fingerprint density at radius 1 is 1.13 bits per heavy atom. The van der Waals surface area contributed by atoms with Crippen LogP contribution in [-0.2, 0) is 14.3 Å². The van der Waals surface area contributed by atoms with Crippen molar-refractivity contribution in [1.82, 2.24) is 0 Å². The van der Waals surface area contributed by atoms with Crippen molar-refractivity contribution in [3.63, 3.8) is 0 Å². The predicted octanol–water partition coefficient (Wildman–Crippen LogP) is 1.82. The first-order valence-electron chi connectivity index (χ1n) is 5.72. The van der Waals surface area contributed by atoms with Crippen molar-refractivity contribution in [2.24, 2.45) is 17.8 Å². The van der Waals surface area contributed by atoms with E-state index in [1.165, 1.54) is 18.4 Å². The second-order valence-electron chi connectivity index (χ2n) is 4.74. The molecule has 1 saturated heterocycles. The number of esters is 2. The van der Waals surface area contributed by atoms with Crippen molar-refractivity contribution in [2.75, 3.05) is 0 Å². The minimum atomic E-state index is -0.300. The molecule has 3 rings (SSSR count). The molecule has 0 unspecified atom stereocenters. The Hall–Kier alpha value is -1.12. The van der Waals surface area contributed by atoms with Crippen molar-refractivity contribution >= 4 is 11.9 Å². The monoisotopic (exact) mass is 206 g/mol. The van der Waals surface area contributed by atoms with Gasteiger partial charge in [-0.3, -0.25) is 9.59 Å². The summed E-state index contributed by atoms with van der Waals surface area (Å²) in [4.78, 5) is 23.0. The number of hydrogen-bond donors (Lipinski definition) is 0. The normalized spacial score (nSPS) is 39.2. The molecule has 0 amide bonds. The topological polar surface area (TPSA) is 43.4 Å². The summed E-state index contributed by atoms with van der Waals surface area (Å²) in [6, 6.07) is 0. The quantitative estimate of drug-likeness (QED) is 0.345. The first-order chi connectivity index (χ1) is 7.27. The van der Waals surface area contributed by atoms with Crippen molar-refractivity contribution in [3.05, 3.63) is 11.6 Å². The molecule has 0 N–H and O–H groups in total. The van der Waals surface area contributed by atoms with Crippen LogP contribution < -0.4 is 0 Å². The van der Waals surface area contributed by atoms with Gasteiger partial charge in [0.05, 0.1) is 11.8 Å². The van der Waals surface area contributed by atoms with E-state index in [-0.39, 0.29) is 23.8 Å². The summed E-state index contributed by atoms with van der Waals surface area (Å²) in [7, 11) is 0. The van der Waals surface area contributed by atoms with Gasteiger partial charge in [0, 0.05) is 0 Å². The number of cyclic esters (lactones) is 2. The molecule has 80 valence electrons.